The Hall–Kier alpha value is -1.20. The minimum absolute atomic E-state index is 0.0364. The first-order valence-corrected chi connectivity index (χ1v) is 6.28. The predicted octanol–water partition coefficient (Wildman–Crippen LogP) is 0.705. The molecular weight excluding hydrogens is 222 g/mol. The average molecular weight is 237 g/mol. The number of thiazole rings is 1. The first-order chi connectivity index (χ1) is 7.75. The molecule has 2 unspecified atom stereocenters. The Labute approximate surface area is 98.6 Å². The normalized spacial score (nSPS) is 23.6. The smallest absolute Gasteiger partial charge is 0.227 e. The van der Waals surface area contributed by atoms with Gasteiger partial charge in [0, 0.05) is 24.4 Å². The molecule has 0 bridgehead atoms. The number of aromatic nitrogens is 1. The zero-order chi connectivity index (χ0) is 11.4. The van der Waals surface area contributed by atoms with Gasteiger partial charge in [0.15, 0.2) is 0 Å². The van der Waals surface area contributed by atoms with Gasteiger partial charge < -0.3 is 11.1 Å². The SMILES string of the molecule is NC1C=CC(C(=O)NCCc2cscn2)C1. The number of carbonyl (C=O) groups excluding carboxylic acids is 1. The van der Waals surface area contributed by atoms with Gasteiger partial charge in [0.05, 0.1) is 17.1 Å². The van der Waals surface area contributed by atoms with Crippen LogP contribution in [0.2, 0.25) is 0 Å². The van der Waals surface area contributed by atoms with Crippen LogP contribution in [0, 0.1) is 5.92 Å². The number of nitrogens with zero attached hydrogens (tertiary/aromatic N) is 1. The largest absolute Gasteiger partial charge is 0.355 e. The highest BCUT2D eigenvalue weighted by molar-refractivity contribution is 7.07. The molecule has 1 aromatic rings. The summed E-state index contributed by atoms with van der Waals surface area (Å²) in [4.78, 5) is 15.8. The molecule has 0 spiro atoms. The highest BCUT2D eigenvalue weighted by Gasteiger charge is 2.21. The Morgan fingerprint density at radius 2 is 2.50 bits per heavy atom. The number of hydrogen-bond donors (Lipinski definition) is 2. The van der Waals surface area contributed by atoms with Crippen LogP contribution in [0.25, 0.3) is 0 Å². The van der Waals surface area contributed by atoms with Crippen molar-refractivity contribution in [2.24, 2.45) is 11.7 Å². The minimum atomic E-state index is -0.0505. The van der Waals surface area contributed by atoms with E-state index in [0.717, 1.165) is 18.5 Å². The van der Waals surface area contributed by atoms with E-state index in [4.69, 9.17) is 5.73 Å². The Balaban J connectivity index is 1.70. The van der Waals surface area contributed by atoms with Crippen molar-refractivity contribution in [3.8, 4) is 0 Å². The molecule has 0 saturated heterocycles. The van der Waals surface area contributed by atoms with Crippen LogP contribution in [0.1, 0.15) is 12.1 Å². The van der Waals surface area contributed by atoms with Crippen LogP contribution in [-0.2, 0) is 11.2 Å². The van der Waals surface area contributed by atoms with E-state index in [0.29, 0.717) is 6.54 Å². The Morgan fingerprint density at radius 3 is 3.12 bits per heavy atom. The van der Waals surface area contributed by atoms with E-state index < -0.39 is 0 Å². The third kappa shape index (κ3) is 2.90. The van der Waals surface area contributed by atoms with Gasteiger partial charge in [0.25, 0.3) is 0 Å². The molecule has 0 fully saturated rings. The summed E-state index contributed by atoms with van der Waals surface area (Å²) in [5.74, 6) is 0.0184. The molecule has 0 radical (unpaired) electrons. The first-order valence-electron chi connectivity index (χ1n) is 5.34. The molecule has 1 aromatic heterocycles. The van der Waals surface area contributed by atoms with Crippen molar-refractivity contribution in [1.82, 2.24) is 10.3 Å². The summed E-state index contributed by atoms with van der Waals surface area (Å²) in [6.45, 7) is 0.641. The second-order valence-electron chi connectivity index (χ2n) is 3.91. The summed E-state index contributed by atoms with van der Waals surface area (Å²) in [5, 5.41) is 4.90. The van der Waals surface area contributed by atoms with E-state index >= 15 is 0 Å². The minimum Gasteiger partial charge on any atom is -0.355 e. The highest BCUT2D eigenvalue weighted by Crippen LogP contribution is 2.16. The van der Waals surface area contributed by atoms with Crippen molar-refractivity contribution < 1.29 is 4.79 Å². The van der Waals surface area contributed by atoms with Crippen LogP contribution in [0.5, 0.6) is 0 Å². The topological polar surface area (TPSA) is 68.0 Å². The molecule has 1 aliphatic carbocycles. The number of carbonyl (C=O) groups is 1. The summed E-state index contributed by atoms with van der Waals surface area (Å²) in [7, 11) is 0. The number of hydrogen-bond acceptors (Lipinski definition) is 4. The summed E-state index contributed by atoms with van der Waals surface area (Å²) < 4.78 is 0. The molecule has 5 heteroatoms. The molecule has 3 N–H and O–H groups in total. The fourth-order valence-corrected chi connectivity index (χ4v) is 2.32. The second-order valence-corrected chi connectivity index (χ2v) is 4.63. The maximum absolute atomic E-state index is 11.7. The molecular formula is C11H15N3OS. The lowest BCUT2D eigenvalue weighted by Gasteiger charge is -2.09. The van der Waals surface area contributed by atoms with Gasteiger partial charge in [0.2, 0.25) is 5.91 Å². The first kappa shape index (κ1) is 11.3. The van der Waals surface area contributed by atoms with Crippen molar-refractivity contribution in [1.29, 1.82) is 0 Å². The van der Waals surface area contributed by atoms with Crippen molar-refractivity contribution >= 4 is 17.2 Å². The molecule has 86 valence electrons. The van der Waals surface area contributed by atoms with Gasteiger partial charge in [-0.25, -0.2) is 4.98 Å². The van der Waals surface area contributed by atoms with Gasteiger partial charge in [-0.1, -0.05) is 12.2 Å². The van der Waals surface area contributed by atoms with Crippen molar-refractivity contribution in [2.45, 2.75) is 18.9 Å². The van der Waals surface area contributed by atoms with E-state index in [2.05, 4.69) is 10.3 Å². The molecule has 4 nitrogen and oxygen atoms in total. The third-order valence-corrected chi connectivity index (χ3v) is 3.25. The quantitative estimate of drug-likeness (QED) is 0.758. The molecule has 16 heavy (non-hydrogen) atoms. The van der Waals surface area contributed by atoms with Crippen LogP contribution in [0.4, 0.5) is 0 Å². The van der Waals surface area contributed by atoms with E-state index in [-0.39, 0.29) is 17.9 Å². The van der Waals surface area contributed by atoms with E-state index in [1.807, 2.05) is 17.5 Å². The summed E-state index contributed by atoms with van der Waals surface area (Å²) >= 11 is 1.57. The fraction of sp³-hybridized carbons (Fsp3) is 0.455. The zero-order valence-electron chi connectivity index (χ0n) is 8.93. The molecule has 0 saturated carbocycles. The van der Waals surface area contributed by atoms with Gasteiger partial charge in [-0.15, -0.1) is 11.3 Å². The Kier molecular flexibility index (Phi) is 3.69. The van der Waals surface area contributed by atoms with Crippen LogP contribution >= 0.6 is 11.3 Å². The Morgan fingerprint density at radius 1 is 1.62 bits per heavy atom. The van der Waals surface area contributed by atoms with Crippen LogP contribution in [0.3, 0.4) is 0 Å². The van der Waals surface area contributed by atoms with Crippen LogP contribution < -0.4 is 11.1 Å². The molecule has 0 aliphatic heterocycles. The van der Waals surface area contributed by atoms with E-state index in [1.165, 1.54) is 0 Å². The second kappa shape index (κ2) is 5.23. The molecule has 0 aromatic carbocycles. The van der Waals surface area contributed by atoms with Gasteiger partial charge in [0.1, 0.15) is 0 Å². The monoisotopic (exact) mass is 237 g/mol. The summed E-state index contributed by atoms with van der Waals surface area (Å²) in [6, 6.07) is 0.0364. The van der Waals surface area contributed by atoms with Gasteiger partial charge in [-0.3, -0.25) is 4.79 Å². The Bertz CT molecular complexity index is 375. The lowest BCUT2D eigenvalue weighted by atomic mass is 10.1. The molecule has 2 rings (SSSR count). The molecule has 2 atom stereocenters. The van der Waals surface area contributed by atoms with Crippen molar-refractivity contribution in [3.05, 3.63) is 28.7 Å². The van der Waals surface area contributed by atoms with Crippen LogP contribution in [0.15, 0.2) is 23.0 Å². The standard InChI is InChI=1S/C11H15N3OS/c12-9-2-1-8(5-9)11(15)13-4-3-10-6-16-7-14-10/h1-2,6-9H,3-5,12H2,(H,13,15). The number of nitrogens with one attached hydrogen (secondary N) is 1. The number of rotatable bonds is 4. The number of nitrogens with two attached hydrogens (primary N) is 1. The predicted molar refractivity (Wildman–Crippen MR) is 64.1 cm³/mol. The zero-order valence-corrected chi connectivity index (χ0v) is 9.74. The average Bonchev–Trinajstić information content (AvgIpc) is 2.89. The van der Waals surface area contributed by atoms with Crippen molar-refractivity contribution in [2.75, 3.05) is 6.54 Å². The van der Waals surface area contributed by atoms with Gasteiger partial charge in [-0.2, -0.15) is 0 Å². The van der Waals surface area contributed by atoms with Gasteiger partial charge in [-0.05, 0) is 6.42 Å². The summed E-state index contributed by atoms with van der Waals surface area (Å²) in [6.07, 6.45) is 5.30. The molecule has 1 heterocycles. The van der Waals surface area contributed by atoms with E-state index in [1.54, 1.807) is 16.8 Å². The highest BCUT2D eigenvalue weighted by atomic mass is 32.1. The number of amides is 1. The van der Waals surface area contributed by atoms with Crippen molar-refractivity contribution in [3.63, 3.8) is 0 Å². The third-order valence-electron chi connectivity index (χ3n) is 2.62. The molecule has 1 amide bonds. The maximum Gasteiger partial charge on any atom is 0.227 e. The molecule has 1 aliphatic rings. The maximum atomic E-state index is 11.7. The summed E-state index contributed by atoms with van der Waals surface area (Å²) in [5.41, 5.74) is 8.53. The lowest BCUT2D eigenvalue weighted by molar-refractivity contribution is -0.123. The lowest BCUT2D eigenvalue weighted by Crippen LogP contribution is -2.32. The van der Waals surface area contributed by atoms with Crippen LogP contribution in [-0.4, -0.2) is 23.5 Å². The van der Waals surface area contributed by atoms with E-state index in [9.17, 15) is 4.79 Å². The van der Waals surface area contributed by atoms with Gasteiger partial charge >= 0.3 is 0 Å². The fourth-order valence-electron chi connectivity index (χ4n) is 1.73.